The largest absolute Gasteiger partial charge is 0.455 e. The first kappa shape index (κ1) is 18.7. The van der Waals surface area contributed by atoms with Crippen molar-refractivity contribution in [2.24, 2.45) is 5.10 Å². The van der Waals surface area contributed by atoms with Crippen molar-refractivity contribution in [3.63, 3.8) is 0 Å². The Hall–Kier alpha value is -2.08. The second-order valence-corrected chi connectivity index (χ2v) is 7.10. The number of amides is 1. The number of carbonyl (C=O) groups is 1. The third-order valence-electron chi connectivity index (χ3n) is 3.50. The third-order valence-corrected chi connectivity index (χ3v) is 4.85. The van der Waals surface area contributed by atoms with E-state index in [9.17, 15) is 4.79 Å². The normalized spacial score (nSPS) is 11.0. The maximum atomic E-state index is 11.9. The highest BCUT2D eigenvalue weighted by molar-refractivity contribution is 9.10. The van der Waals surface area contributed by atoms with Crippen LogP contribution in [0, 0.1) is 0 Å². The standard InChI is InChI=1S/C19H13BrCl2N2O2/c20-13-6-4-12(5-7-13)10-18(25)24-23-11-14-8-9-17(26-14)15-2-1-3-16(21)19(15)22/h1-9,11H,10H2,(H,24,25)/b23-11+. The number of hydrazone groups is 1. The van der Waals surface area contributed by atoms with Crippen LogP contribution < -0.4 is 5.43 Å². The molecule has 0 aliphatic heterocycles. The summed E-state index contributed by atoms with van der Waals surface area (Å²) in [5, 5.41) is 4.80. The van der Waals surface area contributed by atoms with Crippen LogP contribution in [-0.4, -0.2) is 12.1 Å². The minimum absolute atomic E-state index is 0.215. The molecule has 0 unspecified atom stereocenters. The lowest BCUT2D eigenvalue weighted by Gasteiger charge is -2.02. The Kier molecular flexibility index (Phi) is 6.14. The summed E-state index contributed by atoms with van der Waals surface area (Å²) in [6, 6.07) is 16.3. The monoisotopic (exact) mass is 450 g/mol. The molecule has 7 heteroatoms. The third kappa shape index (κ3) is 4.75. The molecule has 0 saturated heterocycles. The lowest BCUT2D eigenvalue weighted by atomic mass is 10.1. The van der Waals surface area contributed by atoms with Crippen molar-refractivity contribution >= 4 is 51.3 Å². The summed E-state index contributed by atoms with van der Waals surface area (Å²) in [6.07, 6.45) is 1.67. The smallest absolute Gasteiger partial charge is 0.244 e. The molecule has 2 aromatic carbocycles. The first-order valence-electron chi connectivity index (χ1n) is 7.63. The maximum absolute atomic E-state index is 11.9. The predicted octanol–water partition coefficient (Wildman–Crippen LogP) is 5.71. The molecule has 4 nitrogen and oxygen atoms in total. The van der Waals surface area contributed by atoms with Crippen molar-refractivity contribution in [2.75, 3.05) is 0 Å². The van der Waals surface area contributed by atoms with Crippen molar-refractivity contribution in [3.05, 3.63) is 80.4 Å². The number of nitrogens with zero attached hydrogens (tertiary/aromatic N) is 1. The average molecular weight is 452 g/mol. The van der Waals surface area contributed by atoms with E-state index in [0.717, 1.165) is 10.0 Å². The fraction of sp³-hybridized carbons (Fsp3) is 0.0526. The maximum Gasteiger partial charge on any atom is 0.244 e. The van der Waals surface area contributed by atoms with Gasteiger partial charge in [-0.15, -0.1) is 0 Å². The van der Waals surface area contributed by atoms with E-state index in [-0.39, 0.29) is 12.3 Å². The van der Waals surface area contributed by atoms with Crippen molar-refractivity contribution in [1.82, 2.24) is 5.43 Å². The van der Waals surface area contributed by atoms with Crippen LogP contribution in [0.2, 0.25) is 10.0 Å². The summed E-state index contributed by atoms with van der Waals surface area (Å²) in [5.41, 5.74) is 4.07. The fourth-order valence-corrected chi connectivity index (χ4v) is 2.91. The first-order valence-corrected chi connectivity index (χ1v) is 9.18. The van der Waals surface area contributed by atoms with Crippen molar-refractivity contribution in [3.8, 4) is 11.3 Å². The van der Waals surface area contributed by atoms with Crippen LogP contribution in [0.25, 0.3) is 11.3 Å². The molecule has 0 aliphatic rings. The Morgan fingerprint density at radius 3 is 2.65 bits per heavy atom. The van der Waals surface area contributed by atoms with Gasteiger partial charge in [0.2, 0.25) is 5.91 Å². The van der Waals surface area contributed by atoms with Gasteiger partial charge in [0.1, 0.15) is 11.5 Å². The molecule has 0 fully saturated rings. The highest BCUT2D eigenvalue weighted by atomic mass is 79.9. The van der Waals surface area contributed by atoms with Gasteiger partial charge in [-0.2, -0.15) is 5.10 Å². The van der Waals surface area contributed by atoms with Crippen LogP contribution in [0.5, 0.6) is 0 Å². The highest BCUT2D eigenvalue weighted by Gasteiger charge is 2.10. The van der Waals surface area contributed by atoms with Gasteiger partial charge in [0.05, 0.1) is 22.7 Å². The van der Waals surface area contributed by atoms with E-state index < -0.39 is 0 Å². The average Bonchev–Trinajstić information content (AvgIpc) is 3.08. The van der Waals surface area contributed by atoms with E-state index in [4.69, 9.17) is 27.6 Å². The molecular weight excluding hydrogens is 439 g/mol. The van der Waals surface area contributed by atoms with Crippen LogP contribution >= 0.6 is 39.1 Å². The zero-order valence-corrected chi connectivity index (χ0v) is 16.5. The molecule has 26 heavy (non-hydrogen) atoms. The molecule has 1 N–H and O–H groups in total. The number of nitrogens with one attached hydrogen (secondary N) is 1. The SMILES string of the molecule is O=C(Cc1ccc(Br)cc1)N/N=C/c1ccc(-c2cccc(Cl)c2Cl)o1. The van der Waals surface area contributed by atoms with Gasteiger partial charge in [-0.05, 0) is 42.0 Å². The predicted molar refractivity (Wildman–Crippen MR) is 108 cm³/mol. The van der Waals surface area contributed by atoms with Gasteiger partial charge in [-0.1, -0.05) is 57.3 Å². The van der Waals surface area contributed by atoms with Gasteiger partial charge in [-0.25, -0.2) is 5.43 Å². The quantitative estimate of drug-likeness (QED) is 0.399. The Labute approximate surface area is 168 Å². The number of benzene rings is 2. The van der Waals surface area contributed by atoms with Crippen molar-refractivity contribution in [1.29, 1.82) is 0 Å². The number of rotatable bonds is 5. The van der Waals surface area contributed by atoms with Crippen LogP contribution in [0.15, 0.2) is 68.6 Å². The molecule has 1 amide bonds. The van der Waals surface area contributed by atoms with Gasteiger partial charge in [0.25, 0.3) is 0 Å². The summed E-state index contributed by atoms with van der Waals surface area (Å²) >= 11 is 15.6. The highest BCUT2D eigenvalue weighted by Crippen LogP contribution is 2.34. The van der Waals surface area contributed by atoms with Crippen LogP contribution in [0.4, 0.5) is 0 Å². The molecule has 0 spiro atoms. The van der Waals surface area contributed by atoms with E-state index in [0.29, 0.717) is 27.1 Å². The fourth-order valence-electron chi connectivity index (χ4n) is 2.26. The molecular formula is C19H13BrCl2N2O2. The Morgan fingerprint density at radius 2 is 1.88 bits per heavy atom. The first-order chi connectivity index (χ1) is 12.5. The van der Waals surface area contributed by atoms with E-state index in [2.05, 4.69) is 26.5 Å². The van der Waals surface area contributed by atoms with Crippen LogP contribution in [-0.2, 0) is 11.2 Å². The zero-order chi connectivity index (χ0) is 18.5. The second-order valence-electron chi connectivity index (χ2n) is 5.40. The molecule has 0 bridgehead atoms. The molecule has 0 aliphatic carbocycles. The Balaban J connectivity index is 1.61. The van der Waals surface area contributed by atoms with Gasteiger partial charge in [-0.3, -0.25) is 4.79 Å². The van der Waals surface area contributed by atoms with E-state index in [1.807, 2.05) is 30.3 Å². The Morgan fingerprint density at radius 1 is 1.12 bits per heavy atom. The molecule has 1 heterocycles. The van der Waals surface area contributed by atoms with Gasteiger partial charge < -0.3 is 4.42 Å². The molecule has 1 aromatic heterocycles. The summed E-state index contributed by atoms with van der Waals surface area (Å²) in [5.74, 6) is 0.841. The van der Waals surface area contributed by atoms with Crippen LogP contribution in [0.3, 0.4) is 0 Å². The number of halogens is 3. The van der Waals surface area contributed by atoms with E-state index in [1.165, 1.54) is 6.21 Å². The van der Waals surface area contributed by atoms with Gasteiger partial charge in [0.15, 0.2) is 0 Å². The lowest BCUT2D eigenvalue weighted by molar-refractivity contribution is -0.120. The van der Waals surface area contributed by atoms with Gasteiger partial charge >= 0.3 is 0 Å². The molecule has 0 atom stereocenters. The van der Waals surface area contributed by atoms with Gasteiger partial charge in [0, 0.05) is 10.0 Å². The number of carbonyl (C=O) groups excluding carboxylic acids is 1. The molecule has 3 aromatic rings. The summed E-state index contributed by atoms with van der Waals surface area (Å²) in [4.78, 5) is 11.9. The van der Waals surface area contributed by atoms with E-state index >= 15 is 0 Å². The second kappa shape index (κ2) is 8.54. The summed E-state index contributed by atoms with van der Waals surface area (Å²) in [7, 11) is 0. The molecule has 3 rings (SSSR count). The minimum Gasteiger partial charge on any atom is -0.455 e. The zero-order valence-electron chi connectivity index (χ0n) is 13.4. The molecule has 0 radical (unpaired) electrons. The van der Waals surface area contributed by atoms with Crippen molar-refractivity contribution in [2.45, 2.75) is 6.42 Å². The number of furan rings is 1. The number of hydrogen-bond donors (Lipinski definition) is 1. The summed E-state index contributed by atoms with van der Waals surface area (Å²) < 4.78 is 6.64. The topological polar surface area (TPSA) is 54.6 Å². The van der Waals surface area contributed by atoms with E-state index in [1.54, 1.807) is 24.3 Å². The molecule has 132 valence electrons. The lowest BCUT2D eigenvalue weighted by Crippen LogP contribution is -2.19. The van der Waals surface area contributed by atoms with Crippen LogP contribution in [0.1, 0.15) is 11.3 Å². The molecule has 0 saturated carbocycles. The summed E-state index contributed by atoms with van der Waals surface area (Å²) in [6.45, 7) is 0. The van der Waals surface area contributed by atoms with Crippen molar-refractivity contribution < 1.29 is 9.21 Å². The Bertz CT molecular complexity index is 952. The minimum atomic E-state index is -0.215. The number of hydrogen-bond acceptors (Lipinski definition) is 3.